The minimum absolute atomic E-state index is 0.108. The van der Waals surface area contributed by atoms with Gasteiger partial charge in [-0.3, -0.25) is 19.3 Å². The third-order valence-corrected chi connectivity index (χ3v) is 5.76. The van der Waals surface area contributed by atoms with Gasteiger partial charge in [-0.15, -0.1) is 0 Å². The second-order valence-corrected chi connectivity index (χ2v) is 7.35. The number of likely N-dealkylation sites (N-methyl/N-ethyl adjacent to an activating group) is 1. The molecule has 0 radical (unpaired) electrons. The molecule has 0 spiro atoms. The Morgan fingerprint density at radius 2 is 1.64 bits per heavy atom. The van der Waals surface area contributed by atoms with Crippen molar-refractivity contribution >= 4 is 17.7 Å². The van der Waals surface area contributed by atoms with Crippen molar-refractivity contribution in [3.63, 3.8) is 0 Å². The van der Waals surface area contributed by atoms with E-state index in [1.54, 1.807) is 11.9 Å². The molecule has 1 aliphatic heterocycles. The smallest absolute Gasteiger partial charge is 0.242 e. The van der Waals surface area contributed by atoms with Gasteiger partial charge in [0.05, 0.1) is 17.9 Å². The largest absolute Gasteiger partial charge is 0.337 e. The van der Waals surface area contributed by atoms with Gasteiger partial charge in [0.25, 0.3) is 0 Å². The Labute approximate surface area is 149 Å². The summed E-state index contributed by atoms with van der Waals surface area (Å²) < 4.78 is 0. The number of nitrogens with zero attached hydrogens (tertiary/aromatic N) is 2. The molecule has 5 nitrogen and oxygen atoms in total. The Morgan fingerprint density at radius 1 is 1.12 bits per heavy atom. The number of fused-ring (bicyclic) bond motifs is 1. The molecule has 1 aromatic rings. The Morgan fingerprint density at radius 3 is 2.16 bits per heavy atom. The van der Waals surface area contributed by atoms with Crippen LogP contribution in [0.4, 0.5) is 0 Å². The highest BCUT2D eigenvalue weighted by atomic mass is 16.2. The predicted octanol–water partition coefficient (Wildman–Crippen LogP) is 2.69. The van der Waals surface area contributed by atoms with Gasteiger partial charge in [-0.2, -0.15) is 0 Å². The van der Waals surface area contributed by atoms with Crippen LogP contribution in [0.15, 0.2) is 24.3 Å². The van der Waals surface area contributed by atoms with Crippen molar-refractivity contribution in [3.8, 4) is 0 Å². The SMILES string of the molecule is Cc1ccc(C(C)N(C)C(=O)CN2C(=O)C3CCCCC3C2=O)cc1. The van der Waals surface area contributed by atoms with Crippen LogP contribution < -0.4 is 0 Å². The van der Waals surface area contributed by atoms with Crippen molar-refractivity contribution in [2.24, 2.45) is 11.8 Å². The average Bonchev–Trinajstić information content (AvgIpc) is 2.86. The lowest BCUT2D eigenvalue weighted by atomic mass is 9.81. The molecule has 3 unspecified atom stereocenters. The van der Waals surface area contributed by atoms with Crippen LogP contribution in [0.3, 0.4) is 0 Å². The van der Waals surface area contributed by atoms with E-state index in [4.69, 9.17) is 0 Å². The molecule has 0 aromatic heterocycles. The third-order valence-electron chi connectivity index (χ3n) is 5.76. The van der Waals surface area contributed by atoms with Gasteiger partial charge in [-0.25, -0.2) is 0 Å². The molecule has 0 bridgehead atoms. The molecule has 2 fully saturated rings. The van der Waals surface area contributed by atoms with E-state index in [0.29, 0.717) is 0 Å². The molecule has 1 aliphatic carbocycles. The lowest BCUT2D eigenvalue weighted by Gasteiger charge is -2.27. The number of aryl methyl sites for hydroxylation is 1. The standard InChI is InChI=1S/C20H26N2O3/c1-13-8-10-15(11-9-13)14(2)21(3)18(23)12-22-19(24)16-6-4-5-7-17(16)20(22)25/h8-11,14,16-17H,4-7,12H2,1-3H3. The van der Waals surface area contributed by atoms with Crippen molar-refractivity contribution in [3.05, 3.63) is 35.4 Å². The molecule has 1 heterocycles. The summed E-state index contributed by atoms with van der Waals surface area (Å²) >= 11 is 0. The maximum atomic E-state index is 12.7. The van der Waals surface area contributed by atoms with E-state index in [9.17, 15) is 14.4 Å². The van der Waals surface area contributed by atoms with Gasteiger partial charge in [-0.05, 0) is 32.3 Å². The van der Waals surface area contributed by atoms with Crippen LogP contribution in [0.25, 0.3) is 0 Å². The molecule has 2 aliphatic rings. The van der Waals surface area contributed by atoms with Crippen molar-refractivity contribution < 1.29 is 14.4 Å². The van der Waals surface area contributed by atoms with Crippen molar-refractivity contribution in [1.29, 1.82) is 0 Å². The first kappa shape index (κ1) is 17.6. The van der Waals surface area contributed by atoms with Gasteiger partial charge in [0.15, 0.2) is 0 Å². The molecule has 25 heavy (non-hydrogen) atoms. The molecular weight excluding hydrogens is 316 g/mol. The number of benzene rings is 1. The van der Waals surface area contributed by atoms with Gasteiger partial charge >= 0.3 is 0 Å². The monoisotopic (exact) mass is 342 g/mol. The Hall–Kier alpha value is -2.17. The predicted molar refractivity (Wildman–Crippen MR) is 94.5 cm³/mol. The Bertz CT molecular complexity index is 659. The summed E-state index contributed by atoms with van der Waals surface area (Å²) in [6.45, 7) is 3.83. The summed E-state index contributed by atoms with van der Waals surface area (Å²) in [6, 6.07) is 7.93. The van der Waals surface area contributed by atoms with Crippen molar-refractivity contribution in [2.75, 3.05) is 13.6 Å². The Kier molecular flexibility index (Phi) is 4.93. The zero-order chi connectivity index (χ0) is 18.1. The first-order valence-corrected chi connectivity index (χ1v) is 9.07. The molecule has 134 valence electrons. The fourth-order valence-electron chi connectivity index (χ4n) is 3.92. The van der Waals surface area contributed by atoms with E-state index >= 15 is 0 Å². The van der Waals surface area contributed by atoms with Crippen LogP contribution in [0.1, 0.15) is 49.8 Å². The highest BCUT2D eigenvalue weighted by Crippen LogP contribution is 2.38. The Balaban J connectivity index is 1.67. The second-order valence-electron chi connectivity index (χ2n) is 7.35. The number of rotatable bonds is 4. The van der Waals surface area contributed by atoms with Gasteiger partial charge in [0.1, 0.15) is 6.54 Å². The first-order valence-electron chi connectivity index (χ1n) is 9.07. The molecular formula is C20H26N2O3. The zero-order valence-corrected chi connectivity index (χ0v) is 15.2. The quantitative estimate of drug-likeness (QED) is 0.791. The van der Waals surface area contributed by atoms with E-state index in [-0.39, 0.29) is 42.1 Å². The summed E-state index contributed by atoms with van der Waals surface area (Å²) in [5, 5.41) is 0. The van der Waals surface area contributed by atoms with E-state index < -0.39 is 0 Å². The fourth-order valence-corrected chi connectivity index (χ4v) is 3.92. The van der Waals surface area contributed by atoms with Crippen LogP contribution in [0.5, 0.6) is 0 Å². The number of imide groups is 1. The fraction of sp³-hybridized carbons (Fsp3) is 0.550. The highest BCUT2D eigenvalue weighted by Gasteiger charge is 2.48. The lowest BCUT2D eigenvalue weighted by Crippen LogP contribution is -2.42. The van der Waals surface area contributed by atoms with Gasteiger partial charge in [0.2, 0.25) is 17.7 Å². The van der Waals surface area contributed by atoms with Crippen LogP contribution in [0.2, 0.25) is 0 Å². The summed E-state index contributed by atoms with van der Waals surface area (Å²) in [5.74, 6) is -0.907. The zero-order valence-electron chi connectivity index (χ0n) is 15.2. The van der Waals surface area contributed by atoms with Gasteiger partial charge in [0, 0.05) is 7.05 Å². The minimum atomic E-state index is -0.201. The molecule has 5 heteroatoms. The number of likely N-dealkylation sites (tertiary alicyclic amines) is 1. The van der Waals surface area contributed by atoms with Gasteiger partial charge < -0.3 is 4.90 Å². The van der Waals surface area contributed by atoms with E-state index in [2.05, 4.69) is 0 Å². The number of hydrogen-bond acceptors (Lipinski definition) is 3. The maximum absolute atomic E-state index is 12.7. The lowest BCUT2D eigenvalue weighted by molar-refractivity contribution is -0.146. The molecule has 1 aromatic carbocycles. The molecule has 0 N–H and O–H groups in total. The third kappa shape index (κ3) is 3.32. The number of amides is 3. The van der Waals surface area contributed by atoms with Crippen LogP contribution >= 0.6 is 0 Å². The summed E-state index contributed by atoms with van der Waals surface area (Å²) in [5.41, 5.74) is 2.20. The van der Waals surface area contributed by atoms with Crippen LogP contribution in [0, 0.1) is 18.8 Å². The molecule has 1 saturated carbocycles. The van der Waals surface area contributed by atoms with Crippen LogP contribution in [-0.2, 0) is 14.4 Å². The van der Waals surface area contributed by atoms with Gasteiger partial charge in [-0.1, -0.05) is 42.7 Å². The number of hydrogen-bond donors (Lipinski definition) is 0. The summed E-state index contributed by atoms with van der Waals surface area (Å²) in [4.78, 5) is 40.5. The average molecular weight is 342 g/mol. The van der Waals surface area contributed by atoms with Crippen LogP contribution in [-0.4, -0.2) is 41.1 Å². The molecule has 3 rings (SSSR count). The molecule has 1 saturated heterocycles. The summed E-state index contributed by atoms with van der Waals surface area (Å²) in [6.07, 6.45) is 3.53. The van der Waals surface area contributed by atoms with E-state index in [1.807, 2.05) is 38.1 Å². The number of carbonyl (C=O) groups excluding carboxylic acids is 3. The summed E-state index contributed by atoms with van der Waals surface area (Å²) in [7, 11) is 1.73. The van der Waals surface area contributed by atoms with E-state index in [0.717, 1.165) is 31.2 Å². The van der Waals surface area contributed by atoms with Crippen molar-refractivity contribution in [1.82, 2.24) is 9.80 Å². The minimum Gasteiger partial charge on any atom is -0.337 e. The second kappa shape index (κ2) is 6.98. The van der Waals surface area contributed by atoms with E-state index in [1.165, 1.54) is 10.5 Å². The first-order chi connectivity index (χ1) is 11.9. The highest BCUT2D eigenvalue weighted by molar-refractivity contribution is 6.07. The number of carbonyl (C=O) groups is 3. The maximum Gasteiger partial charge on any atom is 0.242 e. The normalized spacial score (nSPS) is 24.2. The van der Waals surface area contributed by atoms with Crippen molar-refractivity contribution in [2.45, 2.75) is 45.6 Å². The molecule has 3 amide bonds. The molecule has 3 atom stereocenters. The topological polar surface area (TPSA) is 57.7 Å².